The van der Waals surface area contributed by atoms with E-state index in [4.69, 9.17) is 4.42 Å². The highest BCUT2D eigenvalue weighted by atomic mass is 32.2. The van der Waals surface area contributed by atoms with Crippen LogP contribution < -0.4 is 10.6 Å². The van der Waals surface area contributed by atoms with Crippen molar-refractivity contribution in [2.24, 2.45) is 0 Å². The van der Waals surface area contributed by atoms with Gasteiger partial charge in [0.25, 0.3) is 5.91 Å². The second kappa shape index (κ2) is 6.02. The van der Waals surface area contributed by atoms with Crippen LogP contribution in [0.1, 0.15) is 29.8 Å². The zero-order valence-corrected chi connectivity index (χ0v) is 13.2. The molecule has 2 bridgehead atoms. The van der Waals surface area contributed by atoms with E-state index >= 15 is 0 Å². The molecule has 0 saturated carbocycles. The predicted octanol–water partition coefficient (Wildman–Crippen LogP) is 3.19. The third-order valence-corrected chi connectivity index (χ3v) is 5.44. The third-order valence-electron chi connectivity index (χ3n) is 4.47. The van der Waals surface area contributed by atoms with E-state index in [9.17, 15) is 9.18 Å². The Bertz CT molecular complexity index is 733. The van der Waals surface area contributed by atoms with Crippen LogP contribution in [0.15, 0.2) is 50.8 Å². The normalized spacial score (nSPS) is 25.7. The summed E-state index contributed by atoms with van der Waals surface area (Å²) in [4.78, 5) is 12.8. The molecule has 3 atom stereocenters. The van der Waals surface area contributed by atoms with Gasteiger partial charge in [0.15, 0.2) is 10.9 Å². The van der Waals surface area contributed by atoms with Crippen LogP contribution in [-0.4, -0.2) is 24.0 Å². The number of carbonyl (C=O) groups is 1. The number of rotatable bonds is 4. The van der Waals surface area contributed by atoms with E-state index in [1.165, 1.54) is 24.2 Å². The molecule has 1 aromatic heterocycles. The Hall–Kier alpha value is -1.79. The Labute approximate surface area is 137 Å². The first kappa shape index (κ1) is 14.8. The molecule has 0 aliphatic carbocycles. The molecule has 2 aliphatic rings. The highest BCUT2D eigenvalue weighted by Crippen LogP contribution is 2.31. The van der Waals surface area contributed by atoms with Crippen LogP contribution >= 0.6 is 11.8 Å². The number of furan rings is 1. The zero-order chi connectivity index (χ0) is 15.8. The third kappa shape index (κ3) is 3.01. The van der Waals surface area contributed by atoms with Crippen molar-refractivity contribution in [2.75, 3.05) is 0 Å². The van der Waals surface area contributed by atoms with Crippen molar-refractivity contribution in [2.45, 2.75) is 47.4 Å². The minimum atomic E-state index is -0.298. The number of halogens is 1. The molecule has 23 heavy (non-hydrogen) atoms. The molecule has 1 aromatic carbocycles. The first-order chi connectivity index (χ1) is 11.2. The summed E-state index contributed by atoms with van der Waals surface area (Å²) < 4.78 is 19.2. The van der Waals surface area contributed by atoms with Crippen molar-refractivity contribution < 1.29 is 13.6 Å². The standard InChI is InChI=1S/C17H17FN2O2S/c18-11-3-1-2-4-15(11)23-16-8-7-14(22-16)17(21)20-13-9-10-5-6-12(13)19-10/h1-4,7-8,10,12-13,19H,5-6,9H2,(H,20,21)/t10-,12+,13-/m1/s1. The van der Waals surface area contributed by atoms with E-state index in [2.05, 4.69) is 10.6 Å². The van der Waals surface area contributed by atoms with Gasteiger partial charge in [0.2, 0.25) is 0 Å². The molecule has 0 unspecified atom stereocenters. The van der Waals surface area contributed by atoms with Gasteiger partial charge in [-0.05, 0) is 55.3 Å². The molecule has 3 heterocycles. The minimum Gasteiger partial charge on any atom is -0.444 e. The Kier molecular flexibility index (Phi) is 3.87. The number of hydrogen-bond acceptors (Lipinski definition) is 4. The smallest absolute Gasteiger partial charge is 0.287 e. The van der Waals surface area contributed by atoms with Gasteiger partial charge in [0.05, 0.1) is 4.90 Å². The average Bonchev–Trinajstić information content (AvgIpc) is 3.26. The second-order valence-corrected chi connectivity index (χ2v) is 7.06. The topological polar surface area (TPSA) is 54.3 Å². The Balaban J connectivity index is 1.41. The van der Waals surface area contributed by atoms with Crippen LogP contribution in [0.4, 0.5) is 4.39 Å². The average molecular weight is 332 g/mol. The van der Waals surface area contributed by atoms with Crippen molar-refractivity contribution in [1.82, 2.24) is 10.6 Å². The Morgan fingerprint density at radius 3 is 2.87 bits per heavy atom. The number of benzene rings is 1. The molecule has 6 heteroatoms. The molecular formula is C17H17FN2O2S. The largest absolute Gasteiger partial charge is 0.444 e. The molecule has 2 aliphatic heterocycles. The number of carbonyl (C=O) groups excluding carboxylic acids is 1. The summed E-state index contributed by atoms with van der Waals surface area (Å²) in [5.74, 6) is -0.232. The van der Waals surface area contributed by atoms with Crippen molar-refractivity contribution in [3.63, 3.8) is 0 Å². The summed E-state index contributed by atoms with van der Waals surface area (Å²) in [6, 6.07) is 10.9. The first-order valence-corrected chi connectivity index (χ1v) is 8.60. The van der Waals surface area contributed by atoms with Crippen LogP contribution in [-0.2, 0) is 0 Å². The van der Waals surface area contributed by atoms with Crippen molar-refractivity contribution in [3.05, 3.63) is 48.0 Å². The fraction of sp³-hybridized carbons (Fsp3) is 0.353. The van der Waals surface area contributed by atoms with Crippen LogP contribution in [0, 0.1) is 5.82 Å². The van der Waals surface area contributed by atoms with Crippen molar-refractivity contribution in [3.8, 4) is 0 Å². The predicted molar refractivity (Wildman–Crippen MR) is 85.0 cm³/mol. The monoisotopic (exact) mass is 332 g/mol. The maximum atomic E-state index is 13.6. The van der Waals surface area contributed by atoms with Gasteiger partial charge < -0.3 is 15.1 Å². The van der Waals surface area contributed by atoms with Gasteiger partial charge >= 0.3 is 0 Å². The van der Waals surface area contributed by atoms with E-state index in [-0.39, 0.29) is 23.5 Å². The van der Waals surface area contributed by atoms with Gasteiger partial charge in [-0.25, -0.2) is 4.39 Å². The number of hydrogen-bond donors (Lipinski definition) is 2. The van der Waals surface area contributed by atoms with Crippen LogP contribution in [0.3, 0.4) is 0 Å². The molecule has 4 nitrogen and oxygen atoms in total. The van der Waals surface area contributed by atoms with Crippen molar-refractivity contribution in [1.29, 1.82) is 0 Å². The molecule has 1 amide bonds. The number of fused-ring (bicyclic) bond motifs is 2. The highest BCUT2D eigenvalue weighted by molar-refractivity contribution is 7.99. The summed E-state index contributed by atoms with van der Waals surface area (Å²) in [5, 5.41) is 7.03. The molecule has 0 radical (unpaired) electrons. The molecule has 2 fully saturated rings. The Morgan fingerprint density at radius 2 is 2.13 bits per heavy atom. The van der Waals surface area contributed by atoms with Crippen LogP contribution in [0.25, 0.3) is 0 Å². The van der Waals surface area contributed by atoms with E-state index in [0.29, 0.717) is 22.1 Å². The molecule has 2 aromatic rings. The summed E-state index contributed by atoms with van der Waals surface area (Å²) >= 11 is 1.17. The van der Waals surface area contributed by atoms with Gasteiger partial charge in [0, 0.05) is 18.1 Å². The van der Waals surface area contributed by atoms with Gasteiger partial charge in [-0.1, -0.05) is 12.1 Å². The lowest BCUT2D eigenvalue weighted by molar-refractivity contribution is 0.0897. The summed E-state index contributed by atoms with van der Waals surface area (Å²) in [5.41, 5.74) is 0. The maximum absolute atomic E-state index is 13.6. The van der Waals surface area contributed by atoms with Gasteiger partial charge in [-0.3, -0.25) is 4.79 Å². The lowest BCUT2D eigenvalue weighted by atomic mass is 9.95. The minimum absolute atomic E-state index is 0.175. The van der Waals surface area contributed by atoms with Gasteiger partial charge in [-0.15, -0.1) is 0 Å². The van der Waals surface area contributed by atoms with E-state index in [0.717, 1.165) is 12.8 Å². The van der Waals surface area contributed by atoms with Crippen LogP contribution in [0.5, 0.6) is 0 Å². The van der Waals surface area contributed by atoms with Gasteiger partial charge in [0.1, 0.15) is 5.82 Å². The molecule has 2 saturated heterocycles. The number of nitrogens with one attached hydrogen (secondary N) is 2. The fourth-order valence-electron chi connectivity index (χ4n) is 3.36. The lowest BCUT2D eigenvalue weighted by Crippen LogP contribution is -2.42. The maximum Gasteiger partial charge on any atom is 0.287 e. The van der Waals surface area contributed by atoms with E-state index < -0.39 is 0 Å². The SMILES string of the molecule is O=C(N[C@@H]1C[C@H]2CC[C@@H]1N2)c1ccc(Sc2ccccc2F)o1. The van der Waals surface area contributed by atoms with E-state index in [1.807, 2.05) is 0 Å². The van der Waals surface area contributed by atoms with Crippen LogP contribution in [0.2, 0.25) is 0 Å². The Morgan fingerprint density at radius 1 is 1.26 bits per heavy atom. The fourth-order valence-corrected chi connectivity index (χ4v) is 4.15. The molecule has 4 rings (SSSR count). The summed E-state index contributed by atoms with van der Waals surface area (Å²) in [6.07, 6.45) is 3.29. The lowest BCUT2D eigenvalue weighted by Gasteiger charge is -2.20. The summed E-state index contributed by atoms with van der Waals surface area (Å²) in [7, 11) is 0. The van der Waals surface area contributed by atoms with E-state index in [1.54, 1.807) is 30.3 Å². The number of amides is 1. The quantitative estimate of drug-likeness (QED) is 0.903. The highest BCUT2D eigenvalue weighted by Gasteiger charge is 2.39. The van der Waals surface area contributed by atoms with Gasteiger partial charge in [-0.2, -0.15) is 0 Å². The second-order valence-electron chi connectivity index (χ2n) is 6.01. The molecule has 120 valence electrons. The first-order valence-electron chi connectivity index (χ1n) is 7.78. The summed E-state index contributed by atoms with van der Waals surface area (Å²) in [6.45, 7) is 0. The zero-order valence-electron chi connectivity index (χ0n) is 12.4. The van der Waals surface area contributed by atoms with Crippen molar-refractivity contribution >= 4 is 17.7 Å². The molecule has 2 N–H and O–H groups in total. The molecular weight excluding hydrogens is 315 g/mol. The molecule has 0 spiro atoms.